The van der Waals surface area contributed by atoms with Gasteiger partial charge in [0.25, 0.3) is 0 Å². The predicted molar refractivity (Wildman–Crippen MR) is 79.7 cm³/mol. The minimum absolute atomic E-state index is 0.104. The highest BCUT2D eigenvalue weighted by atomic mass is 16.5. The highest BCUT2D eigenvalue weighted by molar-refractivity contribution is 5.72. The monoisotopic (exact) mass is 265 g/mol. The normalized spacial score (nSPS) is 9.25. The average molecular weight is 265 g/mol. The number of hydrogen-bond donors (Lipinski definition) is 1. The van der Waals surface area contributed by atoms with Crippen molar-refractivity contribution in [3.05, 3.63) is 60.2 Å². The van der Waals surface area contributed by atoms with Crippen LogP contribution in [0.25, 0.3) is 0 Å². The summed E-state index contributed by atoms with van der Waals surface area (Å²) < 4.78 is 4.54. The highest BCUT2D eigenvalue weighted by Crippen LogP contribution is 2.16. The maximum absolute atomic E-state index is 11.0. The Morgan fingerprint density at radius 3 is 2.60 bits per heavy atom. The van der Waals surface area contributed by atoms with Crippen LogP contribution < -0.4 is 5.32 Å². The molecule has 20 heavy (non-hydrogen) atoms. The molecular formula is C17H15NO2. The van der Waals surface area contributed by atoms with Crippen LogP contribution in [0.15, 0.2) is 54.6 Å². The lowest BCUT2D eigenvalue weighted by molar-refractivity contribution is -0.139. The molecule has 0 unspecified atom stereocenters. The van der Waals surface area contributed by atoms with Gasteiger partial charge >= 0.3 is 5.97 Å². The van der Waals surface area contributed by atoms with Gasteiger partial charge in [-0.1, -0.05) is 36.1 Å². The summed E-state index contributed by atoms with van der Waals surface area (Å²) in [7, 11) is 1.36. The highest BCUT2D eigenvalue weighted by Gasteiger charge is 1.96. The number of esters is 1. The fourth-order valence-electron chi connectivity index (χ4n) is 1.65. The Morgan fingerprint density at radius 2 is 1.85 bits per heavy atom. The van der Waals surface area contributed by atoms with E-state index in [4.69, 9.17) is 0 Å². The van der Waals surface area contributed by atoms with Crippen molar-refractivity contribution in [2.75, 3.05) is 12.4 Å². The van der Waals surface area contributed by atoms with Gasteiger partial charge in [-0.05, 0) is 30.3 Å². The summed E-state index contributed by atoms with van der Waals surface area (Å²) in [5.41, 5.74) is 2.84. The number of hydrogen-bond acceptors (Lipinski definition) is 3. The molecule has 0 aliphatic heterocycles. The van der Waals surface area contributed by atoms with E-state index in [0.29, 0.717) is 0 Å². The first-order valence-corrected chi connectivity index (χ1v) is 6.26. The Hall–Kier alpha value is -2.73. The molecule has 2 aromatic carbocycles. The van der Waals surface area contributed by atoms with Crippen molar-refractivity contribution < 1.29 is 9.53 Å². The quantitative estimate of drug-likeness (QED) is 0.683. The van der Waals surface area contributed by atoms with E-state index in [-0.39, 0.29) is 12.4 Å². The summed E-state index contributed by atoms with van der Waals surface area (Å²) in [6.45, 7) is 0. The third kappa shape index (κ3) is 4.18. The van der Waals surface area contributed by atoms with Gasteiger partial charge in [-0.3, -0.25) is 4.79 Å². The third-order valence-electron chi connectivity index (χ3n) is 2.62. The molecule has 0 saturated carbocycles. The molecule has 0 amide bonds. The van der Waals surface area contributed by atoms with E-state index in [1.807, 2.05) is 54.6 Å². The van der Waals surface area contributed by atoms with Crippen LogP contribution in [0.3, 0.4) is 0 Å². The van der Waals surface area contributed by atoms with Crippen LogP contribution in [0.1, 0.15) is 12.0 Å². The molecule has 100 valence electrons. The zero-order chi connectivity index (χ0) is 14.2. The molecule has 0 saturated heterocycles. The van der Waals surface area contributed by atoms with Gasteiger partial charge in [0.15, 0.2) is 0 Å². The molecule has 0 spiro atoms. The smallest absolute Gasteiger partial charge is 0.317 e. The van der Waals surface area contributed by atoms with Crippen molar-refractivity contribution in [3.63, 3.8) is 0 Å². The molecule has 0 aliphatic rings. The van der Waals surface area contributed by atoms with Crippen molar-refractivity contribution in [1.82, 2.24) is 0 Å². The molecule has 1 N–H and O–H groups in total. The summed E-state index contributed by atoms with van der Waals surface area (Å²) in [4.78, 5) is 11.0. The summed E-state index contributed by atoms with van der Waals surface area (Å²) in [5.74, 6) is 5.41. The van der Waals surface area contributed by atoms with Gasteiger partial charge in [0.05, 0.1) is 7.11 Å². The second kappa shape index (κ2) is 7.01. The van der Waals surface area contributed by atoms with E-state index in [2.05, 4.69) is 21.9 Å². The molecule has 0 heterocycles. The summed E-state index contributed by atoms with van der Waals surface area (Å²) >= 11 is 0. The molecule has 0 bridgehead atoms. The fourth-order valence-corrected chi connectivity index (χ4v) is 1.65. The maximum atomic E-state index is 11.0. The molecule has 2 rings (SSSR count). The van der Waals surface area contributed by atoms with Crippen LogP contribution in [0.5, 0.6) is 0 Å². The molecular weight excluding hydrogens is 250 g/mol. The Morgan fingerprint density at radius 1 is 1.10 bits per heavy atom. The van der Waals surface area contributed by atoms with Crippen LogP contribution in [-0.2, 0) is 9.53 Å². The van der Waals surface area contributed by atoms with Crippen LogP contribution in [-0.4, -0.2) is 13.1 Å². The zero-order valence-corrected chi connectivity index (χ0v) is 11.2. The number of rotatable bonds is 3. The summed E-state index contributed by atoms with van der Waals surface area (Å²) in [6, 6.07) is 17.7. The molecule has 0 atom stereocenters. The van der Waals surface area contributed by atoms with Gasteiger partial charge in [0.2, 0.25) is 0 Å². The van der Waals surface area contributed by atoms with Crippen LogP contribution in [0, 0.1) is 11.8 Å². The third-order valence-corrected chi connectivity index (χ3v) is 2.62. The first-order chi connectivity index (χ1) is 9.78. The van der Waals surface area contributed by atoms with Gasteiger partial charge < -0.3 is 10.1 Å². The largest absolute Gasteiger partial charge is 0.468 e. The summed E-state index contributed by atoms with van der Waals surface area (Å²) in [6.07, 6.45) is 0.104. The van der Waals surface area contributed by atoms with E-state index in [9.17, 15) is 4.79 Å². The number of nitrogens with one attached hydrogen (secondary N) is 1. The van der Waals surface area contributed by atoms with E-state index < -0.39 is 0 Å². The number of methoxy groups -OCH3 is 1. The minimum Gasteiger partial charge on any atom is -0.468 e. The van der Waals surface area contributed by atoms with Crippen molar-refractivity contribution in [2.45, 2.75) is 6.42 Å². The SMILES string of the molecule is COC(=O)CC#Cc1cccc(Nc2ccccc2)c1. The average Bonchev–Trinajstić information content (AvgIpc) is 2.48. The Bertz CT molecular complexity index is 639. The molecule has 3 heteroatoms. The lowest BCUT2D eigenvalue weighted by Gasteiger charge is -2.06. The van der Waals surface area contributed by atoms with Crippen LogP contribution in [0.4, 0.5) is 11.4 Å². The maximum Gasteiger partial charge on any atom is 0.317 e. The van der Waals surface area contributed by atoms with E-state index in [1.54, 1.807) is 0 Å². The fraction of sp³-hybridized carbons (Fsp3) is 0.118. The van der Waals surface area contributed by atoms with Crippen molar-refractivity contribution >= 4 is 17.3 Å². The number of ether oxygens (including phenoxy) is 1. The second-order valence-electron chi connectivity index (χ2n) is 4.13. The number of para-hydroxylation sites is 1. The second-order valence-corrected chi connectivity index (χ2v) is 4.13. The molecule has 0 fully saturated rings. The first-order valence-electron chi connectivity index (χ1n) is 6.26. The first kappa shape index (κ1) is 13.7. The van der Waals surface area contributed by atoms with Crippen LogP contribution >= 0.6 is 0 Å². The van der Waals surface area contributed by atoms with Gasteiger partial charge in [0.1, 0.15) is 6.42 Å². The standard InChI is InChI=1S/C17H15NO2/c1-20-17(19)12-6-8-14-7-5-11-16(13-14)18-15-9-3-2-4-10-15/h2-5,7,9-11,13,18H,12H2,1H3. The van der Waals surface area contributed by atoms with E-state index in [0.717, 1.165) is 16.9 Å². The number of benzene rings is 2. The lowest BCUT2D eigenvalue weighted by Crippen LogP contribution is -1.97. The van der Waals surface area contributed by atoms with Crippen LogP contribution in [0.2, 0.25) is 0 Å². The predicted octanol–water partition coefficient (Wildman–Crippen LogP) is 3.34. The van der Waals surface area contributed by atoms with Gasteiger partial charge in [-0.15, -0.1) is 0 Å². The van der Waals surface area contributed by atoms with Gasteiger partial charge in [-0.25, -0.2) is 0 Å². The number of carbonyl (C=O) groups excluding carboxylic acids is 1. The lowest BCUT2D eigenvalue weighted by atomic mass is 10.2. The molecule has 2 aromatic rings. The molecule has 3 nitrogen and oxygen atoms in total. The molecule has 0 aliphatic carbocycles. The molecule has 0 radical (unpaired) electrons. The van der Waals surface area contributed by atoms with Gasteiger partial charge in [0, 0.05) is 16.9 Å². The Kier molecular flexibility index (Phi) is 4.80. The van der Waals surface area contributed by atoms with Crippen molar-refractivity contribution in [3.8, 4) is 11.8 Å². The minimum atomic E-state index is -0.323. The Labute approximate surface area is 118 Å². The molecule has 0 aromatic heterocycles. The van der Waals surface area contributed by atoms with E-state index >= 15 is 0 Å². The van der Waals surface area contributed by atoms with E-state index in [1.165, 1.54) is 7.11 Å². The number of carbonyl (C=O) groups is 1. The number of anilines is 2. The zero-order valence-electron chi connectivity index (χ0n) is 11.2. The summed E-state index contributed by atoms with van der Waals surface area (Å²) in [5, 5.41) is 3.30. The Balaban J connectivity index is 2.06. The van der Waals surface area contributed by atoms with Crippen molar-refractivity contribution in [1.29, 1.82) is 0 Å². The van der Waals surface area contributed by atoms with Crippen molar-refractivity contribution in [2.24, 2.45) is 0 Å². The van der Waals surface area contributed by atoms with Gasteiger partial charge in [-0.2, -0.15) is 0 Å². The topological polar surface area (TPSA) is 38.3 Å².